The van der Waals surface area contributed by atoms with Crippen molar-refractivity contribution in [1.29, 1.82) is 0 Å². The molecule has 0 spiro atoms. The molecular formula is C12H14N4O2. The van der Waals surface area contributed by atoms with Crippen molar-refractivity contribution in [3.63, 3.8) is 0 Å². The van der Waals surface area contributed by atoms with Crippen molar-refractivity contribution in [2.24, 2.45) is 17.6 Å². The summed E-state index contributed by atoms with van der Waals surface area (Å²) in [7, 11) is 0. The zero-order valence-electron chi connectivity index (χ0n) is 9.87. The van der Waals surface area contributed by atoms with Crippen LogP contribution in [0.2, 0.25) is 0 Å². The van der Waals surface area contributed by atoms with E-state index >= 15 is 0 Å². The maximum absolute atomic E-state index is 11.3. The lowest BCUT2D eigenvalue weighted by atomic mass is 10.0. The maximum Gasteiger partial charge on any atom is 0.268 e. The number of amides is 1. The Hall–Kier alpha value is -1.98. The van der Waals surface area contributed by atoms with Gasteiger partial charge < -0.3 is 10.6 Å². The Morgan fingerprint density at radius 3 is 2.39 bits per heavy atom. The highest BCUT2D eigenvalue weighted by Gasteiger charge is 2.40. The van der Waals surface area contributed by atoms with Gasteiger partial charge in [0.15, 0.2) is 0 Å². The number of carbonyl (C=O) groups excluding carboxylic acids is 2. The fourth-order valence-electron chi connectivity index (χ4n) is 2.87. The second-order valence-corrected chi connectivity index (χ2v) is 5.00. The molecule has 2 fully saturated rings. The van der Waals surface area contributed by atoms with Crippen LogP contribution >= 0.6 is 0 Å². The third kappa shape index (κ3) is 1.83. The molecule has 2 atom stereocenters. The van der Waals surface area contributed by atoms with Crippen LogP contribution < -0.4 is 10.6 Å². The normalized spacial score (nSPS) is 26.4. The predicted molar refractivity (Wildman–Crippen MR) is 64.0 cm³/mol. The average Bonchev–Trinajstić information content (AvgIpc) is 2.86. The molecule has 18 heavy (non-hydrogen) atoms. The highest BCUT2D eigenvalue weighted by Crippen LogP contribution is 2.37. The Morgan fingerprint density at radius 1 is 1.22 bits per heavy atom. The van der Waals surface area contributed by atoms with E-state index < -0.39 is 5.91 Å². The number of primary amides is 1. The van der Waals surface area contributed by atoms with Crippen LogP contribution in [0.25, 0.3) is 0 Å². The monoisotopic (exact) mass is 246 g/mol. The summed E-state index contributed by atoms with van der Waals surface area (Å²) in [5.74, 6) is 1.46. The van der Waals surface area contributed by atoms with Crippen LogP contribution in [0, 0.1) is 11.8 Å². The maximum atomic E-state index is 11.3. The standard InChI is InChI=1S/C12H14N4O2/c13-12(18)10-3-15-11(4-14-10)16-5-7-1-9(17)2-8(7)6-16/h3-4,7-8H,1-2,5-6H2,(H2,13,18)/t7-,8+. The molecule has 1 aliphatic carbocycles. The molecule has 2 heterocycles. The van der Waals surface area contributed by atoms with Gasteiger partial charge in [0, 0.05) is 25.9 Å². The molecule has 1 saturated heterocycles. The van der Waals surface area contributed by atoms with E-state index in [1.54, 1.807) is 6.20 Å². The molecule has 3 rings (SSSR count). The van der Waals surface area contributed by atoms with Gasteiger partial charge >= 0.3 is 0 Å². The van der Waals surface area contributed by atoms with Crippen LogP contribution in [0.15, 0.2) is 12.4 Å². The summed E-state index contributed by atoms with van der Waals surface area (Å²) in [5.41, 5.74) is 5.29. The molecule has 0 unspecified atom stereocenters. The van der Waals surface area contributed by atoms with Gasteiger partial charge in [-0.3, -0.25) is 9.59 Å². The number of rotatable bonds is 2. The van der Waals surface area contributed by atoms with E-state index in [9.17, 15) is 9.59 Å². The van der Waals surface area contributed by atoms with Crippen LogP contribution in [-0.4, -0.2) is 34.7 Å². The third-order valence-electron chi connectivity index (χ3n) is 3.77. The first-order valence-electron chi connectivity index (χ1n) is 6.02. The smallest absolute Gasteiger partial charge is 0.268 e. The lowest BCUT2D eigenvalue weighted by molar-refractivity contribution is -0.117. The van der Waals surface area contributed by atoms with Gasteiger partial charge in [0.1, 0.15) is 17.3 Å². The van der Waals surface area contributed by atoms with Crippen LogP contribution in [0.1, 0.15) is 23.3 Å². The van der Waals surface area contributed by atoms with Crippen molar-refractivity contribution in [1.82, 2.24) is 9.97 Å². The molecule has 1 aromatic heterocycles. The molecule has 0 bridgehead atoms. The first kappa shape index (κ1) is 11.1. The Labute approximate surface area is 104 Å². The fourth-order valence-corrected chi connectivity index (χ4v) is 2.87. The Kier molecular flexibility index (Phi) is 2.50. The van der Waals surface area contributed by atoms with Gasteiger partial charge in [-0.1, -0.05) is 0 Å². The van der Waals surface area contributed by atoms with E-state index in [1.807, 2.05) is 0 Å². The van der Waals surface area contributed by atoms with Crippen LogP contribution in [-0.2, 0) is 4.79 Å². The Bertz CT molecular complexity index is 483. The first-order chi connectivity index (χ1) is 8.63. The molecule has 2 aliphatic rings. The molecule has 1 saturated carbocycles. The van der Waals surface area contributed by atoms with Crippen molar-refractivity contribution in [2.45, 2.75) is 12.8 Å². The number of carbonyl (C=O) groups is 2. The number of hydrogen-bond acceptors (Lipinski definition) is 5. The molecule has 0 radical (unpaired) electrons. The van der Waals surface area contributed by atoms with Gasteiger partial charge in [0.25, 0.3) is 5.91 Å². The van der Waals surface area contributed by atoms with Gasteiger partial charge in [-0.2, -0.15) is 0 Å². The average molecular weight is 246 g/mol. The van der Waals surface area contributed by atoms with Crippen molar-refractivity contribution in [2.75, 3.05) is 18.0 Å². The molecule has 6 heteroatoms. The highest BCUT2D eigenvalue weighted by atomic mass is 16.1. The number of hydrogen-bond donors (Lipinski definition) is 1. The van der Waals surface area contributed by atoms with Gasteiger partial charge in [-0.05, 0) is 11.8 Å². The molecule has 2 N–H and O–H groups in total. The SMILES string of the molecule is NC(=O)c1cnc(N2C[C@H]3CC(=O)C[C@H]3C2)cn1. The highest BCUT2D eigenvalue weighted by molar-refractivity contribution is 5.90. The van der Waals surface area contributed by atoms with Crippen LogP contribution in [0.3, 0.4) is 0 Å². The largest absolute Gasteiger partial charge is 0.364 e. The summed E-state index contributed by atoms with van der Waals surface area (Å²) in [6.07, 6.45) is 4.35. The number of aromatic nitrogens is 2. The number of nitrogens with two attached hydrogens (primary N) is 1. The first-order valence-corrected chi connectivity index (χ1v) is 6.02. The molecule has 1 aromatic rings. The van der Waals surface area contributed by atoms with E-state index in [1.165, 1.54) is 6.20 Å². The second-order valence-electron chi connectivity index (χ2n) is 5.00. The Morgan fingerprint density at radius 2 is 1.89 bits per heavy atom. The molecule has 1 aliphatic heterocycles. The summed E-state index contributed by atoms with van der Waals surface area (Å²) < 4.78 is 0. The minimum Gasteiger partial charge on any atom is -0.364 e. The predicted octanol–water partition coefficient (Wildman–Crippen LogP) is -0.00920. The molecule has 1 amide bonds. The van der Waals surface area contributed by atoms with E-state index in [-0.39, 0.29) is 5.69 Å². The molecule has 6 nitrogen and oxygen atoms in total. The molecular weight excluding hydrogens is 232 g/mol. The zero-order chi connectivity index (χ0) is 12.7. The summed E-state index contributed by atoms with van der Waals surface area (Å²) >= 11 is 0. The molecule has 94 valence electrons. The summed E-state index contributed by atoms with van der Waals surface area (Å²) in [6, 6.07) is 0. The molecule has 0 aromatic carbocycles. The Balaban J connectivity index is 1.73. The number of nitrogens with zero attached hydrogens (tertiary/aromatic N) is 3. The summed E-state index contributed by atoms with van der Waals surface area (Å²) in [5, 5.41) is 0. The third-order valence-corrected chi connectivity index (χ3v) is 3.77. The second kappa shape index (κ2) is 4.04. The van der Waals surface area contributed by atoms with E-state index in [0.717, 1.165) is 18.9 Å². The number of Topliss-reactive ketones (excluding diaryl/α,β-unsaturated/α-hetero) is 1. The number of fused-ring (bicyclic) bond motifs is 1. The van der Waals surface area contributed by atoms with Gasteiger partial charge in [0.05, 0.1) is 12.4 Å². The quantitative estimate of drug-likeness (QED) is 0.792. The minimum absolute atomic E-state index is 0.174. The van der Waals surface area contributed by atoms with Gasteiger partial charge in [-0.25, -0.2) is 9.97 Å². The van der Waals surface area contributed by atoms with E-state index in [0.29, 0.717) is 30.5 Å². The lowest BCUT2D eigenvalue weighted by Crippen LogP contribution is -2.23. The summed E-state index contributed by atoms with van der Waals surface area (Å²) in [4.78, 5) is 32.5. The zero-order valence-corrected chi connectivity index (χ0v) is 9.87. The number of anilines is 1. The lowest BCUT2D eigenvalue weighted by Gasteiger charge is -2.17. The fraction of sp³-hybridized carbons (Fsp3) is 0.500. The topological polar surface area (TPSA) is 89.2 Å². The minimum atomic E-state index is -0.571. The van der Waals surface area contributed by atoms with Crippen molar-refractivity contribution in [3.8, 4) is 0 Å². The number of ketones is 1. The van der Waals surface area contributed by atoms with Crippen molar-refractivity contribution in [3.05, 3.63) is 18.1 Å². The van der Waals surface area contributed by atoms with Crippen molar-refractivity contribution < 1.29 is 9.59 Å². The van der Waals surface area contributed by atoms with Crippen LogP contribution in [0.5, 0.6) is 0 Å². The summed E-state index contributed by atoms with van der Waals surface area (Å²) in [6.45, 7) is 1.70. The van der Waals surface area contributed by atoms with Crippen molar-refractivity contribution >= 4 is 17.5 Å². The van der Waals surface area contributed by atoms with E-state index in [4.69, 9.17) is 5.73 Å². The van der Waals surface area contributed by atoms with Gasteiger partial charge in [0.2, 0.25) is 0 Å². The van der Waals surface area contributed by atoms with Crippen LogP contribution in [0.4, 0.5) is 5.82 Å². The van der Waals surface area contributed by atoms with E-state index in [2.05, 4.69) is 14.9 Å². The van der Waals surface area contributed by atoms with Gasteiger partial charge in [-0.15, -0.1) is 0 Å².